The molecule has 108 valence electrons. The van der Waals surface area contributed by atoms with E-state index < -0.39 is 12.0 Å². The monoisotopic (exact) mass is 277 g/mol. The minimum absolute atomic E-state index is 0.153. The van der Waals surface area contributed by atoms with E-state index in [1.165, 1.54) is 12.0 Å². The first-order chi connectivity index (χ1) is 9.47. The highest BCUT2D eigenvalue weighted by molar-refractivity contribution is 6.09. The molecule has 2 bridgehead atoms. The van der Waals surface area contributed by atoms with Crippen LogP contribution in [-0.4, -0.2) is 35.8 Å². The molecular formula is C15H19NO4. The van der Waals surface area contributed by atoms with Gasteiger partial charge in [-0.1, -0.05) is 26.0 Å². The van der Waals surface area contributed by atoms with E-state index in [0.29, 0.717) is 0 Å². The Labute approximate surface area is 117 Å². The average molecular weight is 277 g/mol. The molecule has 3 rings (SSSR count). The highest BCUT2D eigenvalue weighted by Crippen LogP contribution is 2.53. The number of allylic oxidation sites excluding steroid dienone is 2. The molecule has 5 atom stereocenters. The van der Waals surface area contributed by atoms with E-state index >= 15 is 0 Å². The van der Waals surface area contributed by atoms with Crippen LogP contribution in [-0.2, 0) is 19.1 Å². The van der Waals surface area contributed by atoms with Gasteiger partial charge in [-0.15, -0.1) is 0 Å². The Balaban J connectivity index is 1.94. The zero-order chi connectivity index (χ0) is 14.6. The number of carbonyl (C=O) groups is 3. The van der Waals surface area contributed by atoms with Gasteiger partial charge in [0, 0.05) is 0 Å². The molecule has 2 aliphatic carbocycles. The molecule has 0 unspecified atom stereocenters. The number of methoxy groups -OCH3 is 1. The largest absolute Gasteiger partial charge is 0.467 e. The highest BCUT2D eigenvalue weighted by Gasteiger charge is 2.61. The molecule has 5 heteroatoms. The second-order valence-corrected chi connectivity index (χ2v) is 6.26. The van der Waals surface area contributed by atoms with Crippen molar-refractivity contribution in [3.63, 3.8) is 0 Å². The summed E-state index contributed by atoms with van der Waals surface area (Å²) in [4.78, 5) is 38.4. The molecule has 3 aliphatic rings. The third-order valence-corrected chi connectivity index (χ3v) is 4.86. The van der Waals surface area contributed by atoms with Crippen LogP contribution in [0.2, 0.25) is 0 Å². The van der Waals surface area contributed by atoms with Gasteiger partial charge in [-0.05, 0) is 24.2 Å². The second kappa shape index (κ2) is 4.43. The van der Waals surface area contributed by atoms with E-state index in [1.54, 1.807) is 0 Å². The number of esters is 1. The fourth-order valence-corrected chi connectivity index (χ4v) is 4.00. The van der Waals surface area contributed by atoms with Gasteiger partial charge >= 0.3 is 5.97 Å². The van der Waals surface area contributed by atoms with Crippen LogP contribution in [0.25, 0.3) is 0 Å². The van der Waals surface area contributed by atoms with Gasteiger partial charge in [0.2, 0.25) is 11.8 Å². The second-order valence-electron chi connectivity index (χ2n) is 6.26. The van der Waals surface area contributed by atoms with Crippen molar-refractivity contribution < 1.29 is 19.1 Å². The van der Waals surface area contributed by atoms with Crippen molar-refractivity contribution in [2.45, 2.75) is 26.3 Å². The maximum Gasteiger partial charge on any atom is 0.329 e. The van der Waals surface area contributed by atoms with Crippen LogP contribution >= 0.6 is 0 Å². The average Bonchev–Trinajstić information content (AvgIpc) is 3.07. The standard InChI is InChI=1S/C15H19NO4/c1-7(2)12(15(19)20-3)16-13(17)10-8-4-5-9(6-8)11(10)14(16)18/h4-5,7-12H,6H2,1-3H3/t8-,9-,10+,11+,12-/m0/s1. The van der Waals surface area contributed by atoms with E-state index in [4.69, 9.17) is 4.74 Å². The molecule has 0 aromatic heterocycles. The van der Waals surface area contributed by atoms with Crippen molar-refractivity contribution in [3.05, 3.63) is 12.2 Å². The number of fused-ring (bicyclic) bond motifs is 5. The molecular weight excluding hydrogens is 258 g/mol. The van der Waals surface area contributed by atoms with Crippen molar-refractivity contribution in [1.29, 1.82) is 0 Å². The summed E-state index contributed by atoms with van der Waals surface area (Å²) in [5, 5.41) is 0. The summed E-state index contributed by atoms with van der Waals surface area (Å²) >= 11 is 0. The van der Waals surface area contributed by atoms with Crippen molar-refractivity contribution in [2.24, 2.45) is 29.6 Å². The lowest BCUT2D eigenvalue weighted by molar-refractivity contribution is -0.159. The van der Waals surface area contributed by atoms with E-state index in [9.17, 15) is 14.4 Å². The normalized spacial score (nSPS) is 35.9. The number of ether oxygens (including phenoxy) is 1. The van der Waals surface area contributed by atoms with Crippen LogP contribution < -0.4 is 0 Å². The Bertz CT molecular complexity index is 480. The number of hydrogen-bond donors (Lipinski definition) is 0. The van der Waals surface area contributed by atoms with Crippen molar-refractivity contribution in [1.82, 2.24) is 4.90 Å². The summed E-state index contributed by atoms with van der Waals surface area (Å²) in [5.74, 6) is -1.25. The molecule has 0 aromatic carbocycles. The lowest BCUT2D eigenvalue weighted by Gasteiger charge is -2.28. The van der Waals surface area contributed by atoms with Gasteiger partial charge in [-0.25, -0.2) is 4.79 Å². The SMILES string of the molecule is COC(=O)[C@H](C(C)C)N1C(=O)[C@H]2[C@H](C1=O)[C@H]1C=C[C@H]2C1. The molecule has 0 aromatic rings. The zero-order valence-corrected chi connectivity index (χ0v) is 11.9. The summed E-state index contributed by atoms with van der Waals surface area (Å²) < 4.78 is 4.77. The smallest absolute Gasteiger partial charge is 0.329 e. The Morgan fingerprint density at radius 3 is 2.10 bits per heavy atom. The molecule has 1 saturated carbocycles. The lowest BCUT2D eigenvalue weighted by atomic mass is 9.85. The third-order valence-electron chi connectivity index (χ3n) is 4.86. The highest BCUT2D eigenvalue weighted by atomic mass is 16.5. The minimum atomic E-state index is -0.801. The van der Waals surface area contributed by atoms with Gasteiger partial charge < -0.3 is 4.74 Å². The molecule has 2 amide bonds. The number of nitrogens with zero attached hydrogens (tertiary/aromatic N) is 1. The summed E-state index contributed by atoms with van der Waals surface area (Å²) in [6.07, 6.45) is 4.98. The Morgan fingerprint density at radius 2 is 1.70 bits per heavy atom. The maximum absolute atomic E-state index is 12.6. The van der Waals surface area contributed by atoms with E-state index in [0.717, 1.165) is 6.42 Å². The van der Waals surface area contributed by atoms with Gasteiger partial charge in [0.25, 0.3) is 0 Å². The first kappa shape index (κ1) is 13.3. The first-order valence-corrected chi connectivity index (χ1v) is 7.10. The van der Waals surface area contributed by atoms with Gasteiger partial charge in [0.05, 0.1) is 18.9 Å². The summed E-state index contributed by atoms with van der Waals surface area (Å²) in [6.45, 7) is 3.65. The fourth-order valence-electron chi connectivity index (χ4n) is 4.00. The van der Waals surface area contributed by atoms with Crippen LogP contribution in [0.4, 0.5) is 0 Å². The van der Waals surface area contributed by atoms with Crippen molar-refractivity contribution in [3.8, 4) is 0 Å². The first-order valence-electron chi connectivity index (χ1n) is 7.10. The topological polar surface area (TPSA) is 63.7 Å². The van der Waals surface area contributed by atoms with Gasteiger partial charge in [0.15, 0.2) is 0 Å². The number of carbonyl (C=O) groups excluding carboxylic acids is 3. The predicted molar refractivity (Wildman–Crippen MR) is 70.2 cm³/mol. The van der Waals surface area contributed by atoms with Crippen LogP contribution in [0.15, 0.2) is 12.2 Å². The molecule has 20 heavy (non-hydrogen) atoms. The number of hydrogen-bond acceptors (Lipinski definition) is 4. The number of rotatable bonds is 3. The van der Waals surface area contributed by atoms with Crippen LogP contribution in [0.5, 0.6) is 0 Å². The molecule has 0 spiro atoms. The Morgan fingerprint density at radius 1 is 1.20 bits per heavy atom. The van der Waals surface area contributed by atoms with Gasteiger partial charge in [0.1, 0.15) is 6.04 Å². The zero-order valence-electron chi connectivity index (χ0n) is 11.9. The van der Waals surface area contributed by atoms with Crippen LogP contribution in [0, 0.1) is 29.6 Å². The summed E-state index contributed by atoms with van der Waals surface area (Å²) in [7, 11) is 1.29. The maximum atomic E-state index is 12.6. The number of imide groups is 1. The minimum Gasteiger partial charge on any atom is -0.467 e. The van der Waals surface area contributed by atoms with Gasteiger partial charge in [-0.3, -0.25) is 14.5 Å². The van der Waals surface area contributed by atoms with Crippen molar-refractivity contribution >= 4 is 17.8 Å². The third kappa shape index (κ3) is 1.58. The quantitative estimate of drug-likeness (QED) is 0.438. The van der Waals surface area contributed by atoms with E-state index in [-0.39, 0.29) is 41.4 Å². The van der Waals surface area contributed by atoms with E-state index in [1.807, 2.05) is 26.0 Å². The predicted octanol–water partition coefficient (Wildman–Crippen LogP) is 0.991. The lowest BCUT2D eigenvalue weighted by Crippen LogP contribution is -2.49. The fraction of sp³-hybridized carbons (Fsp3) is 0.667. The molecule has 0 N–H and O–H groups in total. The molecule has 0 radical (unpaired) electrons. The molecule has 1 heterocycles. The Hall–Kier alpha value is -1.65. The molecule has 5 nitrogen and oxygen atoms in total. The number of amides is 2. The Kier molecular flexibility index (Phi) is 2.96. The molecule has 2 fully saturated rings. The summed E-state index contributed by atoms with van der Waals surface area (Å²) in [5.41, 5.74) is 0. The van der Waals surface area contributed by atoms with Crippen LogP contribution in [0.1, 0.15) is 20.3 Å². The van der Waals surface area contributed by atoms with Crippen LogP contribution in [0.3, 0.4) is 0 Å². The van der Waals surface area contributed by atoms with Crippen molar-refractivity contribution in [2.75, 3.05) is 7.11 Å². The molecule has 1 aliphatic heterocycles. The summed E-state index contributed by atoms with van der Waals surface area (Å²) in [6, 6.07) is -0.801. The van der Waals surface area contributed by atoms with E-state index in [2.05, 4.69) is 0 Å². The molecule has 1 saturated heterocycles. The number of likely N-dealkylation sites (tertiary alicyclic amines) is 1. The van der Waals surface area contributed by atoms with Gasteiger partial charge in [-0.2, -0.15) is 0 Å².